The van der Waals surface area contributed by atoms with Crippen molar-refractivity contribution < 1.29 is 4.42 Å². The van der Waals surface area contributed by atoms with E-state index in [1.54, 1.807) is 0 Å². The molecule has 2 heterocycles. The van der Waals surface area contributed by atoms with E-state index >= 15 is 0 Å². The van der Waals surface area contributed by atoms with Gasteiger partial charge in [0.1, 0.15) is 11.2 Å². The number of rotatable bonds is 5. The van der Waals surface area contributed by atoms with E-state index in [2.05, 4.69) is 140 Å². The van der Waals surface area contributed by atoms with E-state index < -0.39 is 0 Å². The molecule has 0 saturated heterocycles. The Labute approximate surface area is 339 Å². The lowest BCUT2D eigenvalue weighted by Crippen LogP contribution is -2.00. The highest BCUT2D eigenvalue weighted by molar-refractivity contribution is 6.15. The van der Waals surface area contributed by atoms with Gasteiger partial charge in [-0.05, 0) is 102 Å². The molecule has 4 heteroatoms. The quantitative estimate of drug-likeness (QED) is 0.164. The summed E-state index contributed by atoms with van der Waals surface area (Å²) >= 11 is 0. The van der Waals surface area contributed by atoms with Crippen LogP contribution in [0.25, 0.3) is 121 Å². The summed E-state index contributed by atoms with van der Waals surface area (Å²) < 4.78 is 6.87. The molecule has 0 N–H and O–H groups in total. The number of furan rings is 1. The maximum atomic E-state index is 6.87. The number of fused-ring (bicyclic) bond motifs is 9. The van der Waals surface area contributed by atoms with E-state index in [4.69, 9.17) is 19.4 Å². The molecule has 0 atom stereocenters. The van der Waals surface area contributed by atoms with Crippen molar-refractivity contribution in [3.63, 3.8) is 0 Å². The molecular weight excluding hydrogens is 719 g/mol. The van der Waals surface area contributed by atoms with Crippen LogP contribution in [0.2, 0.25) is 0 Å². The first kappa shape index (κ1) is 33.2. The molecule has 0 aliphatic heterocycles. The van der Waals surface area contributed by atoms with Crippen LogP contribution in [0.3, 0.4) is 0 Å². The summed E-state index contributed by atoms with van der Waals surface area (Å²) in [4.78, 5) is 15.0. The molecule has 12 aromatic rings. The van der Waals surface area contributed by atoms with Gasteiger partial charge in [-0.25, -0.2) is 15.0 Å². The van der Waals surface area contributed by atoms with Crippen LogP contribution >= 0.6 is 0 Å². The molecule has 0 radical (unpaired) electrons. The Bertz CT molecular complexity index is 3550. The number of hydrogen-bond donors (Lipinski definition) is 0. The third-order valence-electron chi connectivity index (χ3n) is 11.7. The van der Waals surface area contributed by atoms with Crippen LogP contribution in [0, 0.1) is 0 Å². The molecule has 0 fully saturated rings. The maximum absolute atomic E-state index is 6.87. The predicted molar refractivity (Wildman–Crippen MR) is 244 cm³/mol. The third kappa shape index (κ3) is 5.65. The van der Waals surface area contributed by atoms with Gasteiger partial charge in [0.05, 0.1) is 0 Å². The van der Waals surface area contributed by atoms with Gasteiger partial charge in [-0.2, -0.15) is 0 Å². The standard InChI is InChI=1S/C55H33N3O/c1-3-13-37(14-4-1)53-56-54(38-15-5-2-6-16-38)58-55(57-53)42-26-28-51-49(31-42)50-33-43(39-25-27-46-40(29-39)23-21-34-11-7-9-17-44(34)46)32-48(52(50)59-51)41-24-22-36-20-19-35-12-8-10-18-45(35)47(36)30-41/h1-33H. The van der Waals surface area contributed by atoms with E-state index in [-0.39, 0.29) is 0 Å². The maximum Gasteiger partial charge on any atom is 0.164 e. The molecule has 0 aliphatic rings. The average molecular weight is 752 g/mol. The lowest BCUT2D eigenvalue weighted by atomic mass is 9.92. The van der Waals surface area contributed by atoms with Crippen molar-refractivity contribution >= 4 is 65.0 Å². The predicted octanol–water partition coefficient (Wildman–Crippen LogP) is 14.7. The van der Waals surface area contributed by atoms with Gasteiger partial charge in [0, 0.05) is 33.0 Å². The summed E-state index contributed by atoms with van der Waals surface area (Å²) in [5, 5.41) is 11.9. The third-order valence-corrected chi connectivity index (χ3v) is 11.7. The highest BCUT2D eigenvalue weighted by Gasteiger charge is 2.19. The monoisotopic (exact) mass is 751 g/mol. The highest BCUT2D eigenvalue weighted by atomic mass is 16.3. The van der Waals surface area contributed by atoms with Crippen molar-refractivity contribution in [3.8, 4) is 56.4 Å². The molecule has 0 aliphatic carbocycles. The van der Waals surface area contributed by atoms with Crippen molar-refractivity contribution in [2.75, 3.05) is 0 Å². The van der Waals surface area contributed by atoms with Crippen LogP contribution in [0.1, 0.15) is 0 Å². The lowest BCUT2D eigenvalue weighted by molar-refractivity contribution is 0.670. The number of benzene rings is 10. The fourth-order valence-electron chi connectivity index (χ4n) is 8.70. The molecule has 0 spiro atoms. The Morgan fingerprint density at radius 2 is 0.763 bits per heavy atom. The van der Waals surface area contributed by atoms with E-state index in [0.29, 0.717) is 17.5 Å². The van der Waals surface area contributed by atoms with E-state index in [0.717, 1.165) is 60.9 Å². The van der Waals surface area contributed by atoms with Gasteiger partial charge in [-0.3, -0.25) is 0 Å². The smallest absolute Gasteiger partial charge is 0.164 e. The SMILES string of the molecule is c1ccc(-c2nc(-c3ccccc3)nc(-c3ccc4oc5c(-c6ccc7ccc8ccccc8c7c6)cc(-c6ccc7c(ccc8ccccc87)c6)cc5c4c3)n2)cc1. The topological polar surface area (TPSA) is 51.8 Å². The highest BCUT2D eigenvalue weighted by Crippen LogP contribution is 2.42. The van der Waals surface area contributed by atoms with Gasteiger partial charge in [0.2, 0.25) is 0 Å². The van der Waals surface area contributed by atoms with Gasteiger partial charge in [-0.15, -0.1) is 0 Å². The second kappa shape index (κ2) is 13.3. The minimum Gasteiger partial charge on any atom is -0.455 e. The van der Waals surface area contributed by atoms with Crippen molar-refractivity contribution in [3.05, 3.63) is 200 Å². The Hall–Kier alpha value is -7.95. The average Bonchev–Trinajstić information content (AvgIpc) is 3.69. The largest absolute Gasteiger partial charge is 0.455 e. The molecule has 274 valence electrons. The molecule has 0 bridgehead atoms. The summed E-state index contributed by atoms with van der Waals surface area (Å²) in [6.07, 6.45) is 0. The van der Waals surface area contributed by atoms with Crippen LogP contribution in [0.15, 0.2) is 205 Å². The molecule has 0 amide bonds. The molecule has 0 unspecified atom stereocenters. The Morgan fingerprint density at radius 3 is 1.46 bits per heavy atom. The van der Waals surface area contributed by atoms with Crippen molar-refractivity contribution in [1.29, 1.82) is 0 Å². The molecule has 10 aromatic carbocycles. The zero-order valence-corrected chi connectivity index (χ0v) is 31.8. The second-order valence-electron chi connectivity index (χ2n) is 15.2. The zero-order chi connectivity index (χ0) is 38.9. The normalized spacial score (nSPS) is 11.7. The summed E-state index contributed by atoms with van der Waals surface area (Å²) in [5.41, 5.74) is 8.81. The fourth-order valence-corrected chi connectivity index (χ4v) is 8.70. The van der Waals surface area contributed by atoms with Gasteiger partial charge < -0.3 is 4.42 Å². The first-order valence-electron chi connectivity index (χ1n) is 19.9. The fraction of sp³-hybridized carbons (Fsp3) is 0. The van der Waals surface area contributed by atoms with Crippen LogP contribution in [-0.4, -0.2) is 15.0 Å². The molecule has 4 nitrogen and oxygen atoms in total. The Morgan fingerprint density at radius 1 is 0.271 bits per heavy atom. The second-order valence-corrected chi connectivity index (χ2v) is 15.2. The van der Waals surface area contributed by atoms with Crippen LogP contribution < -0.4 is 0 Å². The molecule has 59 heavy (non-hydrogen) atoms. The molecule has 0 saturated carbocycles. The van der Waals surface area contributed by atoms with Gasteiger partial charge in [0.25, 0.3) is 0 Å². The van der Waals surface area contributed by atoms with Crippen LogP contribution in [0.4, 0.5) is 0 Å². The lowest BCUT2D eigenvalue weighted by Gasteiger charge is -2.12. The number of hydrogen-bond acceptors (Lipinski definition) is 4. The van der Waals surface area contributed by atoms with Gasteiger partial charge >= 0.3 is 0 Å². The Balaban J connectivity index is 1.09. The Kier molecular flexibility index (Phi) is 7.50. The zero-order valence-electron chi connectivity index (χ0n) is 31.8. The van der Waals surface area contributed by atoms with E-state index in [1.807, 2.05) is 60.7 Å². The molecule has 2 aromatic heterocycles. The summed E-state index contributed by atoms with van der Waals surface area (Å²) in [5.74, 6) is 1.86. The van der Waals surface area contributed by atoms with Crippen LogP contribution in [-0.2, 0) is 0 Å². The van der Waals surface area contributed by atoms with Crippen molar-refractivity contribution in [1.82, 2.24) is 15.0 Å². The van der Waals surface area contributed by atoms with Gasteiger partial charge in [-0.1, -0.05) is 158 Å². The summed E-state index contributed by atoms with van der Waals surface area (Å²) in [6, 6.07) is 70.7. The van der Waals surface area contributed by atoms with E-state index in [1.165, 1.54) is 43.1 Å². The minimum absolute atomic E-state index is 0.605. The number of nitrogens with zero attached hydrogens (tertiary/aromatic N) is 3. The number of aromatic nitrogens is 3. The van der Waals surface area contributed by atoms with Crippen molar-refractivity contribution in [2.45, 2.75) is 0 Å². The van der Waals surface area contributed by atoms with E-state index in [9.17, 15) is 0 Å². The molecular formula is C55H33N3O. The minimum atomic E-state index is 0.605. The first-order valence-corrected chi connectivity index (χ1v) is 19.9. The van der Waals surface area contributed by atoms with Crippen molar-refractivity contribution in [2.24, 2.45) is 0 Å². The summed E-state index contributed by atoms with van der Waals surface area (Å²) in [6.45, 7) is 0. The molecule has 12 rings (SSSR count). The summed E-state index contributed by atoms with van der Waals surface area (Å²) in [7, 11) is 0. The van der Waals surface area contributed by atoms with Gasteiger partial charge in [0.15, 0.2) is 17.5 Å². The van der Waals surface area contributed by atoms with Crippen LogP contribution in [0.5, 0.6) is 0 Å². The first-order chi connectivity index (χ1) is 29.2.